The highest BCUT2D eigenvalue weighted by molar-refractivity contribution is 5.98. The maximum absolute atomic E-state index is 12.4. The van der Waals surface area contributed by atoms with Gasteiger partial charge in [-0.25, -0.2) is 0 Å². The summed E-state index contributed by atoms with van der Waals surface area (Å²) in [7, 11) is 2.13. The molecule has 4 rings (SSSR count). The van der Waals surface area contributed by atoms with Crippen LogP contribution in [0.4, 0.5) is 0 Å². The van der Waals surface area contributed by atoms with E-state index in [9.17, 15) is 9.59 Å². The molecular weight excluding hydrogens is 454 g/mol. The maximum atomic E-state index is 12.4. The van der Waals surface area contributed by atoms with E-state index in [-0.39, 0.29) is 24.8 Å². The van der Waals surface area contributed by atoms with E-state index >= 15 is 0 Å². The highest BCUT2D eigenvalue weighted by atomic mass is 16.5. The Labute approximate surface area is 212 Å². The first-order valence-corrected chi connectivity index (χ1v) is 12.6. The monoisotopic (exact) mass is 489 g/mol. The lowest BCUT2D eigenvalue weighted by atomic mass is 10.1. The van der Waals surface area contributed by atoms with E-state index in [1.165, 1.54) is 0 Å². The number of fused-ring (bicyclic) bond motifs is 1. The first-order valence-electron chi connectivity index (χ1n) is 12.6. The van der Waals surface area contributed by atoms with Crippen LogP contribution < -0.4 is 15.4 Å². The molecule has 2 N–H and O–H groups in total. The van der Waals surface area contributed by atoms with Gasteiger partial charge in [-0.2, -0.15) is 0 Å². The van der Waals surface area contributed by atoms with Crippen LogP contribution in [0.15, 0.2) is 66.7 Å². The van der Waals surface area contributed by atoms with Crippen LogP contribution in [-0.2, 0) is 16.1 Å². The fraction of sp³-hybridized carbons (Fsp3) is 0.379. The molecule has 1 aliphatic rings. The van der Waals surface area contributed by atoms with Crippen molar-refractivity contribution in [1.29, 1.82) is 0 Å². The van der Waals surface area contributed by atoms with Crippen molar-refractivity contribution in [2.75, 3.05) is 40.0 Å². The molecule has 3 aromatic carbocycles. The van der Waals surface area contributed by atoms with Gasteiger partial charge in [-0.05, 0) is 60.5 Å². The number of hydrogen-bond donors (Lipinski definition) is 2. The molecular formula is C29H35N3O4. The molecule has 36 heavy (non-hydrogen) atoms. The minimum Gasteiger partial charge on any atom is -0.492 e. The third-order valence-electron chi connectivity index (χ3n) is 6.56. The molecule has 0 bridgehead atoms. The molecule has 1 aliphatic heterocycles. The highest BCUT2D eigenvalue weighted by Crippen LogP contribution is 2.16. The predicted octanol–water partition coefficient (Wildman–Crippen LogP) is 3.77. The highest BCUT2D eigenvalue weighted by Gasteiger charge is 2.18. The zero-order valence-corrected chi connectivity index (χ0v) is 20.9. The lowest BCUT2D eigenvalue weighted by Gasteiger charge is -2.31. The zero-order valence-electron chi connectivity index (χ0n) is 20.9. The Hall–Kier alpha value is -3.42. The van der Waals surface area contributed by atoms with E-state index in [2.05, 4.69) is 22.6 Å². The number of benzene rings is 3. The molecule has 190 valence electrons. The van der Waals surface area contributed by atoms with Gasteiger partial charge in [-0.1, -0.05) is 42.5 Å². The number of carbonyl (C=O) groups excluding carboxylic acids is 2. The van der Waals surface area contributed by atoms with Gasteiger partial charge >= 0.3 is 0 Å². The van der Waals surface area contributed by atoms with Crippen molar-refractivity contribution in [2.24, 2.45) is 0 Å². The third-order valence-corrected chi connectivity index (χ3v) is 6.56. The van der Waals surface area contributed by atoms with Crippen LogP contribution in [0.1, 0.15) is 35.2 Å². The SMILES string of the molecule is CN(CCOc1cccc(CNC(=O)CCNC(=O)c2ccc3ccccc3c2)c1)C1CCOCC1. The van der Waals surface area contributed by atoms with Gasteiger partial charge in [-0.3, -0.25) is 14.5 Å². The standard InChI is InChI=1S/C29H35N3O4/c1-32(26-12-16-35-17-13-26)15-18-36-27-8-4-5-22(19-27)21-31-28(33)11-14-30-29(34)25-10-9-23-6-2-3-7-24(23)20-25/h2-10,19-20,26H,11-18,21H2,1H3,(H,30,34)(H,31,33). The number of rotatable bonds is 11. The van der Waals surface area contributed by atoms with Crippen LogP contribution in [0.3, 0.4) is 0 Å². The third kappa shape index (κ3) is 7.54. The van der Waals surface area contributed by atoms with Crippen molar-refractivity contribution >= 4 is 22.6 Å². The van der Waals surface area contributed by atoms with Gasteiger partial charge in [0.05, 0.1) is 0 Å². The van der Waals surface area contributed by atoms with E-state index in [0.29, 0.717) is 24.8 Å². The van der Waals surface area contributed by atoms with Crippen molar-refractivity contribution < 1.29 is 19.1 Å². The molecule has 0 radical (unpaired) electrons. The van der Waals surface area contributed by atoms with Gasteiger partial charge < -0.3 is 20.1 Å². The predicted molar refractivity (Wildman–Crippen MR) is 141 cm³/mol. The number of amides is 2. The Balaban J connectivity index is 1.15. The molecule has 0 unspecified atom stereocenters. The minimum atomic E-state index is -0.180. The fourth-order valence-corrected chi connectivity index (χ4v) is 4.37. The zero-order chi connectivity index (χ0) is 25.2. The summed E-state index contributed by atoms with van der Waals surface area (Å²) in [6, 6.07) is 21.8. The molecule has 2 amide bonds. The van der Waals surface area contributed by atoms with Crippen LogP contribution in [0.2, 0.25) is 0 Å². The lowest BCUT2D eigenvalue weighted by molar-refractivity contribution is -0.121. The largest absolute Gasteiger partial charge is 0.492 e. The summed E-state index contributed by atoms with van der Waals surface area (Å²) in [6.07, 6.45) is 2.35. The average Bonchev–Trinajstić information content (AvgIpc) is 2.92. The molecule has 1 saturated heterocycles. The van der Waals surface area contributed by atoms with Gasteiger partial charge in [0.2, 0.25) is 5.91 Å². The number of nitrogens with one attached hydrogen (secondary N) is 2. The molecule has 7 heteroatoms. The second-order valence-electron chi connectivity index (χ2n) is 9.16. The van der Waals surface area contributed by atoms with Crippen molar-refractivity contribution in [3.8, 4) is 5.75 Å². The second kappa shape index (κ2) is 13.0. The second-order valence-corrected chi connectivity index (χ2v) is 9.16. The molecule has 0 aromatic heterocycles. The molecule has 3 aromatic rings. The van der Waals surface area contributed by atoms with Gasteiger partial charge in [0, 0.05) is 50.9 Å². The first-order chi connectivity index (χ1) is 17.6. The van der Waals surface area contributed by atoms with Gasteiger partial charge in [-0.15, -0.1) is 0 Å². The Morgan fingerprint density at radius 3 is 2.61 bits per heavy atom. The van der Waals surface area contributed by atoms with E-state index < -0.39 is 0 Å². The summed E-state index contributed by atoms with van der Waals surface area (Å²) < 4.78 is 11.4. The summed E-state index contributed by atoms with van der Waals surface area (Å²) in [6.45, 7) is 3.83. The number of nitrogens with zero attached hydrogens (tertiary/aromatic N) is 1. The van der Waals surface area contributed by atoms with Crippen LogP contribution in [0.25, 0.3) is 10.8 Å². The summed E-state index contributed by atoms with van der Waals surface area (Å²) in [4.78, 5) is 27.1. The normalized spacial score (nSPS) is 14.1. The number of likely N-dealkylation sites (N-methyl/N-ethyl adjacent to an activating group) is 1. The van der Waals surface area contributed by atoms with E-state index in [1.807, 2.05) is 60.7 Å². The van der Waals surface area contributed by atoms with Crippen molar-refractivity contribution in [3.63, 3.8) is 0 Å². The van der Waals surface area contributed by atoms with E-state index in [0.717, 1.165) is 54.7 Å². The lowest BCUT2D eigenvalue weighted by Crippen LogP contribution is -2.38. The number of hydrogen-bond acceptors (Lipinski definition) is 5. The van der Waals surface area contributed by atoms with Crippen molar-refractivity contribution in [2.45, 2.75) is 31.8 Å². The molecule has 0 atom stereocenters. The maximum Gasteiger partial charge on any atom is 0.251 e. The Morgan fingerprint density at radius 1 is 0.972 bits per heavy atom. The fourth-order valence-electron chi connectivity index (χ4n) is 4.37. The number of ether oxygens (including phenoxy) is 2. The van der Waals surface area contributed by atoms with E-state index in [4.69, 9.17) is 9.47 Å². The molecule has 7 nitrogen and oxygen atoms in total. The quantitative estimate of drug-likeness (QED) is 0.429. The minimum absolute atomic E-state index is 0.113. The summed E-state index contributed by atoms with van der Waals surface area (Å²) in [5.74, 6) is 0.504. The molecule has 1 heterocycles. The van der Waals surface area contributed by atoms with Crippen LogP contribution >= 0.6 is 0 Å². The van der Waals surface area contributed by atoms with Crippen LogP contribution in [0, 0.1) is 0 Å². The van der Waals surface area contributed by atoms with Crippen molar-refractivity contribution in [1.82, 2.24) is 15.5 Å². The van der Waals surface area contributed by atoms with Gasteiger partial charge in [0.1, 0.15) is 12.4 Å². The number of carbonyl (C=O) groups is 2. The summed E-state index contributed by atoms with van der Waals surface area (Å²) in [5.41, 5.74) is 1.56. The van der Waals surface area contributed by atoms with Crippen LogP contribution in [0.5, 0.6) is 5.75 Å². The van der Waals surface area contributed by atoms with E-state index in [1.54, 1.807) is 6.07 Å². The van der Waals surface area contributed by atoms with Crippen LogP contribution in [-0.4, -0.2) is 62.7 Å². The van der Waals surface area contributed by atoms with Gasteiger partial charge in [0.25, 0.3) is 5.91 Å². The Morgan fingerprint density at radius 2 is 1.78 bits per heavy atom. The van der Waals surface area contributed by atoms with Crippen molar-refractivity contribution in [3.05, 3.63) is 77.9 Å². The Kier molecular flexibility index (Phi) is 9.30. The van der Waals surface area contributed by atoms with Gasteiger partial charge in [0.15, 0.2) is 0 Å². The average molecular weight is 490 g/mol. The molecule has 1 fully saturated rings. The molecule has 0 aliphatic carbocycles. The topological polar surface area (TPSA) is 79.9 Å². The molecule has 0 saturated carbocycles. The smallest absolute Gasteiger partial charge is 0.251 e. The summed E-state index contributed by atoms with van der Waals surface area (Å²) in [5, 5.41) is 7.84. The summed E-state index contributed by atoms with van der Waals surface area (Å²) >= 11 is 0. The first kappa shape index (κ1) is 25.7. The Bertz CT molecular complexity index is 1160. The molecule has 0 spiro atoms.